The standard InChI is InChI=1S/C15H17BrO3/c1-18-12-7-11(16)13(19-2)6-10(12)15(17)14-8-4-3-5-9(8)14/h6-9,14H,3-5H2,1-2H3. The summed E-state index contributed by atoms with van der Waals surface area (Å²) in [6.45, 7) is 0. The third-order valence-corrected chi connectivity index (χ3v) is 5.07. The van der Waals surface area contributed by atoms with Gasteiger partial charge in [0.05, 0.1) is 24.3 Å². The van der Waals surface area contributed by atoms with Crippen molar-refractivity contribution in [3.8, 4) is 11.5 Å². The molecule has 0 heterocycles. The number of ketones is 1. The Morgan fingerprint density at radius 2 is 1.79 bits per heavy atom. The van der Waals surface area contributed by atoms with Gasteiger partial charge < -0.3 is 9.47 Å². The highest BCUT2D eigenvalue weighted by molar-refractivity contribution is 9.10. The molecular formula is C15H17BrO3. The number of hydrogen-bond donors (Lipinski definition) is 0. The van der Waals surface area contributed by atoms with E-state index in [1.165, 1.54) is 19.3 Å². The molecule has 0 amide bonds. The van der Waals surface area contributed by atoms with Crippen molar-refractivity contribution >= 4 is 21.7 Å². The second-order valence-electron chi connectivity index (χ2n) is 5.34. The summed E-state index contributed by atoms with van der Waals surface area (Å²) < 4.78 is 11.4. The number of ether oxygens (including phenoxy) is 2. The van der Waals surface area contributed by atoms with Crippen molar-refractivity contribution in [1.82, 2.24) is 0 Å². The topological polar surface area (TPSA) is 35.5 Å². The van der Waals surface area contributed by atoms with Crippen molar-refractivity contribution in [2.75, 3.05) is 14.2 Å². The van der Waals surface area contributed by atoms with Gasteiger partial charge in [-0.05, 0) is 52.7 Å². The third kappa shape index (κ3) is 2.06. The fraction of sp³-hybridized carbons (Fsp3) is 0.533. The molecule has 19 heavy (non-hydrogen) atoms. The van der Waals surface area contributed by atoms with Gasteiger partial charge >= 0.3 is 0 Å². The maximum Gasteiger partial charge on any atom is 0.170 e. The number of rotatable bonds is 4. The predicted molar refractivity (Wildman–Crippen MR) is 75.9 cm³/mol. The SMILES string of the molecule is COc1cc(C(=O)C2C3CCCC32)c(OC)cc1Br. The lowest BCUT2D eigenvalue weighted by molar-refractivity contribution is 0.0948. The van der Waals surface area contributed by atoms with Crippen molar-refractivity contribution in [2.24, 2.45) is 17.8 Å². The Hall–Kier alpha value is -1.03. The molecule has 0 radical (unpaired) electrons. The average molecular weight is 325 g/mol. The molecule has 0 saturated heterocycles. The summed E-state index contributed by atoms with van der Waals surface area (Å²) >= 11 is 3.42. The Labute approximate surface area is 121 Å². The summed E-state index contributed by atoms with van der Waals surface area (Å²) in [5.74, 6) is 2.97. The van der Waals surface area contributed by atoms with Gasteiger partial charge in [0.2, 0.25) is 0 Å². The summed E-state index contributed by atoms with van der Waals surface area (Å²) in [6, 6.07) is 3.60. The predicted octanol–water partition coefficient (Wildman–Crippen LogP) is 3.70. The Bertz CT molecular complexity index is 516. The molecule has 2 aliphatic carbocycles. The number of carbonyl (C=O) groups excluding carboxylic acids is 1. The van der Waals surface area contributed by atoms with Crippen LogP contribution in [0.1, 0.15) is 29.6 Å². The largest absolute Gasteiger partial charge is 0.496 e. The van der Waals surface area contributed by atoms with Gasteiger partial charge in [-0.25, -0.2) is 0 Å². The lowest BCUT2D eigenvalue weighted by atomic mass is 10.0. The van der Waals surface area contributed by atoms with Crippen LogP contribution in [0.5, 0.6) is 11.5 Å². The van der Waals surface area contributed by atoms with E-state index in [-0.39, 0.29) is 11.7 Å². The lowest BCUT2D eigenvalue weighted by Gasteiger charge is -2.12. The van der Waals surface area contributed by atoms with Crippen LogP contribution < -0.4 is 9.47 Å². The minimum atomic E-state index is 0.216. The van der Waals surface area contributed by atoms with Crippen molar-refractivity contribution in [1.29, 1.82) is 0 Å². The van der Waals surface area contributed by atoms with Crippen LogP contribution in [-0.2, 0) is 0 Å². The number of halogens is 1. The van der Waals surface area contributed by atoms with E-state index in [2.05, 4.69) is 15.9 Å². The zero-order valence-electron chi connectivity index (χ0n) is 11.1. The highest BCUT2D eigenvalue weighted by atomic mass is 79.9. The average Bonchev–Trinajstić information content (AvgIpc) is 2.90. The van der Waals surface area contributed by atoms with Crippen LogP contribution in [0.15, 0.2) is 16.6 Å². The van der Waals surface area contributed by atoms with E-state index in [0.717, 1.165) is 4.47 Å². The molecule has 3 nitrogen and oxygen atoms in total. The highest BCUT2D eigenvalue weighted by Gasteiger charge is 2.56. The fourth-order valence-corrected chi connectivity index (χ4v) is 3.93. The summed E-state index contributed by atoms with van der Waals surface area (Å²) in [7, 11) is 3.20. The van der Waals surface area contributed by atoms with Gasteiger partial charge in [0.15, 0.2) is 5.78 Å². The summed E-state index contributed by atoms with van der Waals surface area (Å²) in [5.41, 5.74) is 0.655. The first-order chi connectivity index (χ1) is 9.17. The van der Waals surface area contributed by atoms with E-state index in [1.807, 2.05) is 6.07 Å². The van der Waals surface area contributed by atoms with Crippen molar-refractivity contribution in [2.45, 2.75) is 19.3 Å². The molecule has 1 aromatic rings. The highest BCUT2D eigenvalue weighted by Crippen LogP contribution is 2.59. The number of carbonyl (C=O) groups is 1. The molecule has 2 unspecified atom stereocenters. The maximum atomic E-state index is 12.6. The molecule has 2 aliphatic rings. The quantitative estimate of drug-likeness (QED) is 0.792. The zero-order valence-corrected chi connectivity index (χ0v) is 12.7. The Morgan fingerprint density at radius 3 is 2.37 bits per heavy atom. The number of hydrogen-bond acceptors (Lipinski definition) is 3. The molecule has 0 spiro atoms. The van der Waals surface area contributed by atoms with Crippen LogP contribution in [0.25, 0.3) is 0 Å². The van der Waals surface area contributed by atoms with E-state index in [4.69, 9.17) is 9.47 Å². The molecule has 2 saturated carbocycles. The first-order valence-corrected chi connectivity index (χ1v) is 7.42. The van der Waals surface area contributed by atoms with Gasteiger partial charge in [-0.2, -0.15) is 0 Å². The molecule has 2 atom stereocenters. The third-order valence-electron chi connectivity index (χ3n) is 4.45. The molecule has 0 bridgehead atoms. The van der Waals surface area contributed by atoms with Crippen LogP contribution in [0.4, 0.5) is 0 Å². The molecule has 4 heteroatoms. The van der Waals surface area contributed by atoms with Gasteiger partial charge in [0, 0.05) is 5.92 Å². The summed E-state index contributed by atoms with van der Waals surface area (Å²) in [5, 5.41) is 0. The molecule has 0 N–H and O–H groups in total. The number of fused-ring (bicyclic) bond motifs is 1. The van der Waals surface area contributed by atoms with Gasteiger partial charge in [-0.3, -0.25) is 4.79 Å². The van der Waals surface area contributed by atoms with Crippen LogP contribution >= 0.6 is 15.9 Å². The number of benzene rings is 1. The minimum Gasteiger partial charge on any atom is -0.496 e. The van der Waals surface area contributed by atoms with E-state index >= 15 is 0 Å². The molecule has 2 fully saturated rings. The smallest absolute Gasteiger partial charge is 0.170 e. The van der Waals surface area contributed by atoms with Crippen LogP contribution in [0, 0.1) is 17.8 Å². The molecule has 0 aromatic heterocycles. The van der Waals surface area contributed by atoms with Crippen molar-refractivity contribution < 1.29 is 14.3 Å². The maximum absolute atomic E-state index is 12.6. The normalized spacial score (nSPS) is 27.8. The Kier molecular flexibility index (Phi) is 3.29. The van der Waals surface area contributed by atoms with E-state index in [0.29, 0.717) is 28.9 Å². The first kappa shape index (κ1) is 13.0. The molecule has 0 aliphatic heterocycles. The monoisotopic (exact) mass is 324 g/mol. The van der Waals surface area contributed by atoms with Crippen molar-refractivity contribution in [3.63, 3.8) is 0 Å². The fourth-order valence-electron chi connectivity index (χ4n) is 3.44. The Morgan fingerprint density at radius 1 is 1.16 bits per heavy atom. The molecule has 3 rings (SSSR count). The van der Waals surface area contributed by atoms with Crippen LogP contribution in [0.2, 0.25) is 0 Å². The van der Waals surface area contributed by atoms with Gasteiger partial charge in [0.1, 0.15) is 11.5 Å². The van der Waals surface area contributed by atoms with E-state index < -0.39 is 0 Å². The zero-order chi connectivity index (χ0) is 13.6. The van der Waals surface area contributed by atoms with Gasteiger partial charge in [-0.15, -0.1) is 0 Å². The van der Waals surface area contributed by atoms with E-state index in [9.17, 15) is 4.79 Å². The summed E-state index contributed by atoms with van der Waals surface area (Å²) in [4.78, 5) is 12.6. The molecule has 102 valence electrons. The lowest BCUT2D eigenvalue weighted by Crippen LogP contribution is -2.08. The molecule has 1 aromatic carbocycles. The van der Waals surface area contributed by atoms with Gasteiger partial charge in [-0.1, -0.05) is 6.42 Å². The van der Waals surface area contributed by atoms with Gasteiger partial charge in [0.25, 0.3) is 0 Å². The van der Waals surface area contributed by atoms with Crippen LogP contribution in [0.3, 0.4) is 0 Å². The minimum absolute atomic E-state index is 0.216. The second kappa shape index (κ2) is 4.82. The first-order valence-electron chi connectivity index (χ1n) is 6.63. The second-order valence-corrected chi connectivity index (χ2v) is 6.19. The Balaban J connectivity index is 1.93. The number of methoxy groups -OCH3 is 2. The summed E-state index contributed by atoms with van der Waals surface area (Å²) in [6.07, 6.45) is 3.69. The van der Waals surface area contributed by atoms with Crippen LogP contribution in [-0.4, -0.2) is 20.0 Å². The van der Waals surface area contributed by atoms with E-state index in [1.54, 1.807) is 20.3 Å². The number of Topliss-reactive ketones (excluding diaryl/α,β-unsaturated/α-hetero) is 1. The van der Waals surface area contributed by atoms with Crippen molar-refractivity contribution in [3.05, 3.63) is 22.2 Å². The molecular weight excluding hydrogens is 308 g/mol.